The zero-order chi connectivity index (χ0) is 59.3. The molecule has 11 rings (SSSR count). The van der Waals surface area contributed by atoms with Crippen molar-refractivity contribution in [2.24, 2.45) is 0 Å². The third kappa shape index (κ3) is 11.2. The van der Waals surface area contributed by atoms with E-state index < -0.39 is 0 Å². The van der Waals surface area contributed by atoms with Crippen LogP contribution < -0.4 is 9.30 Å². The topological polar surface area (TPSA) is 35.9 Å². The molecular weight excluding hydrogens is 1010 g/mol. The zero-order valence-electron chi connectivity index (χ0n) is 52.5. The first-order valence-corrected chi connectivity index (χ1v) is 29.8. The second kappa shape index (κ2) is 20.4. The van der Waals surface area contributed by atoms with E-state index in [-0.39, 0.29) is 32.5 Å². The van der Waals surface area contributed by atoms with Gasteiger partial charge in [-0.05, 0) is 154 Å². The summed E-state index contributed by atoms with van der Waals surface area (Å²) < 4.78 is 13.8. The molecule has 0 N–H and O–H groups in total. The van der Waals surface area contributed by atoms with Crippen LogP contribution in [0.25, 0.3) is 83.4 Å². The minimum absolute atomic E-state index is 0.0369. The minimum atomic E-state index is -0.0836. The Morgan fingerprint density at radius 1 is 0.373 bits per heavy atom. The van der Waals surface area contributed by atoms with Crippen LogP contribution in [0.4, 0.5) is 0 Å². The van der Waals surface area contributed by atoms with Crippen LogP contribution in [-0.2, 0) is 32.5 Å². The molecule has 422 valence electrons. The SMILES string of the molecule is CC(C)(C)c1ccc(-c2ccc3c(c2)n(-c2cccc(Oc4ccc5c6ccccc6n(-c6cc(C(C)(C)C)ccn6)c5c4)c2)[c-][n+]3-c2c(-c3cc(C(C)(C)C)cc(C(C)(C)C)c3)cccc2-c2cc(C(C)(C)C)cc(C(C)(C)C)c2)cc1. The van der Waals surface area contributed by atoms with Crippen LogP contribution >= 0.6 is 0 Å². The van der Waals surface area contributed by atoms with Gasteiger partial charge in [-0.3, -0.25) is 13.7 Å². The van der Waals surface area contributed by atoms with Gasteiger partial charge in [0.25, 0.3) is 6.33 Å². The van der Waals surface area contributed by atoms with Gasteiger partial charge < -0.3 is 4.74 Å². The van der Waals surface area contributed by atoms with E-state index >= 15 is 0 Å². The van der Waals surface area contributed by atoms with Crippen LogP contribution in [0.1, 0.15) is 158 Å². The predicted octanol–water partition coefficient (Wildman–Crippen LogP) is 20.8. The molecule has 3 aromatic heterocycles. The fourth-order valence-corrected chi connectivity index (χ4v) is 11.4. The van der Waals surface area contributed by atoms with Crippen molar-refractivity contribution in [2.75, 3.05) is 0 Å². The normalized spacial score (nSPS) is 12.9. The summed E-state index contributed by atoms with van der Waals surface area (Å²) >= 11 is 0. The summed E-state index contributed by atoms with van der Waals surface area (Å²) in [4.78, 5) is 4.95. The molecule has 0 radical (unpaired) electrons. The first kappa shape index (κ1) is 56.8. The Labute approximate surface area is 494 Å². The van der Waals surface area contributed by atoms with Crippen molar-refractivity contribution in [1.29, 1.82) is 0 Å². The van der Waals surface area contributed by atoms with Gasteiger partial charge in [-0.15, -0.1) is 0 Å². The highest BCUT2D eigenvalue weighted by Crippen LogP contribution is 2.43. The number of ether oxygens (including phenoxy) is 1. The molecule has 0 saturated carbocycles. The van der Waals surface area contributed by atoms with E-state index in [4.69, 9.17) is 9.72 Å². The maximum atomic E-state index is 6.99. The number of nitrogens with zero attached hydrogens (tertiary/aromatic N) is 4. The molecule has 0 atom stereocenters. The van der Waals surface area contributed by atoms with Gasteiger partial charge in [0.1, 0.15) is 17.3 Å². The van der Waals surface area contributed by atoms with Crippen LogP contribution in [-0.4, -0.2) is 14.1 Å². The molecule has 5 heteroatoms. The summed E-state index contributed by atoms with van der Waals surface area (Å²) in [6.45, 7) is 41.5. The lowest BCUT2D eigenvalue weighted by molar-refractivity contribution is -0.571. The maximum absolute atomic E-state index is 6.99. The second-order valence-corrected chi connectivity index (χ2v) is 29.4. The van der Waals surface area contributed by atoms with Gasteiger partial charge >= 0.3 is 0 Å². The Hall–Kier alpha value is -8.02. The van der Waals surface area contributed by atoms with E-state index in [1.807, 2.05) is 6.20 Å². The maximum Gasteiger partial charge on any atom is 0.269 e. The molecule has 0 fully saturated rings. The van der Waals surface area contributed by atoms with Gasteiger partial charge in [0, 0.05) is 23.0 Å². The quantitative estimate of drug-likeness (QED) is 0.112. The molecule has 11 aromatic rings. The predicted molar refractivity (Wildman–Crippen MR) is 351 cm³/mol. The summed E-state index contributed by atoms with van der Waals surface area (Å²) in [6, 6.07) is 65.3. The van der Waals surface area contributed by atoms with Gasteiger partial charge in [-0.1, -0.05) is 240 Å². The first-order valence-electron chi connectivity index (χ1n) is 29.8. The molecule has 83 heavy (non-hydrogen) atoms. The van der Waals surface area contributed by atoms with Crippen molar-refractivity contribution in [1.82, 2.24) is 14.1 Å². The lowest BCUT2D eigenvalue weighted by Crippen LogP contribution is -2.31. The minimum Gasteiger partial charge on any atom is -0.458 e. The number of hydrogen-bond acceptors (Lipinski definition) is 2. The Morgan fingerprint density at radius 3 is 1.46 bits per heavy atom. The average Bonchev–Trinajstić information content (AvgIpc) is 1.95. The van der Waals surface area contributed by atoms with Crippen molar-refractivity contribution in [3.05, 3.63) is 222 Å². The molecule has 0 saturated heterocycles. The summed E-state index contributed by atoms with van der Waals surface area (Å²) in [6.07, 6.45) is 6.00. The number of para-hydroxylation sites is 2. The van der Waals surface area contributed by atoms with E-state index in [1.54, 1.807) is 0 Å². The van der Waals surface area contributed by atoms with Crippen molar-refractivity contribution < 1.29 is 9.30 Å². The van der Waals surface area contributed by atoms with Crippen LogP contribution in [0.5, 0.6) is 11.5 Å². The monoisotopic (exact) mass is 1090 g/mol. The summed E-state index contributed by atoms with van der Waals surface area (Å²) in [5, 5.41) is 2.32. The third-order valence-electron chi connectivity index (χ3n) is 16.8. The Balaban J connectivity index is 1.15. The standard InChI is InChI=1S/C78H84N4O/c1-73(2,3)54-32-29-50(30-33-54)51-31-36-68-70(43-51)80(60-23-21-24-61(47-60)83-62-34-35-66-65-25-19-20-28-67(65)82(69(66)48-62)71-46-55(37-38-79-71)74(4,5)6)49-81(68)72-63(52-39-56(75(7,8)9)44-57(40-52)76(10,11)12)26-22-27-64(72)53-41-58(77(13,14)15)45-59(42-53)78(16,17)18/h19-48H,1-18H3. The molecular formula is C78H84N4O. The van der Waals surface area contributed by atoms with Crippen LogP contribution in [0, 0.1) is 6.33 Å². The molecule has 0 aliphatic carbocycles. The molecule has 0 amide bonds. The van der Waals surface area contributed by atoms with Crippen LogP contribution in [0.2, 0.25) is 0 Å². The number of fused-ring (bicyclic) bond motifs is 4. The van der Waals surface area contributed by atoms with E-state index in [9.17, 15) is 0 Å². The second-order valence-electron chi connectivity index (χ2n) is 29.4. The fourth-order valence-electron chi connectivity index (χ4n) is 11.4. The summed E-state index contributed by atoms with van der Waals surface area (Å²) in [5.41, 5.74) is 20.6. The molecule has 0 aliphatic rings. The molecule has 5 nitrogen and oxygen atoms in total. The molecule has 0 bridgehead atoms. The van der Waals surface area contributed by atoms with Crippen LogP contribution in [0.3, 0.4) is 0 Å². The smallest absolute Gasteiger partial charge is 0.269 e. The number of pyridine rings is 1. The van der Waals surface area contributed by atoms with Gasteiger partial charge in [0.05, 0.1) is 33.4 Å². The summed E-state index contributed by atoms with van der Waals surface area (Å²) in [7, 11) is 0. The van der Waals surface area contributed by atoms with E-state index in [1.165, 1.54) is 49.9 Å². The number of rotatable bonds is 8. The fraction of sp³-hybridized carbons (Fsp3) is 0.308. The number of imidazole rings is 1. The van der Waals surface area contributed by atoms with Gasteiger partial charge in [0.15, 0.2) is 0 Å². The highest BCUT2D eigenvalue weighted by Gasteiger charge is 2.28. The summed E-state index contributed by atoms with van der Waals surface area (Å²) in [5.74, 6) is 2.34. The van der Waals surface area contributed by atoms with Gasteiger partial charge in [-0.2, -0.15) is 0 Å². The van der Waals surface area contributed by atoms with E-state index in [0.29, 0.717) is 0 Å². The number of aromatic nitrogens is 4. The van der Waals surface area contributed by atoms with Crippen molar-refractivity contribution >= 4 is 32.8 Å². The molecule has 0 unspecified atom stereocenters. The highest BCUT2D eigenvalue weighted by molar-refractivity contribution is 6.09. The van der Waals surface area contributed by atoms with Gasteiger partial charge in [-0.25, -0.2) is 4.98 Å². The first-order chi connectivity index (χ1) is 38.9. The Morgan fingerprint density at radius 2 is 0.892 bits per heavy atom. The van der Waals surface area contributed by atoms with Crippen molar-refractivity contribution in [3.8, 4) is 62.1 Å². The molecule has 8 aromatic carbocycles. The lowest BCUT2D eigenvalue weighted by Gasteiger charge is -2.28. The zero-order valence-corrected chi connectivity index (χ0v) is 52.5. The number of benzene rings is 8. The van der Waals surface area contributed by atoms with Crippen molar-refractivity contribution in [3.63, 3.8) is 0 Å². The third-order valence-corrected chi connectivity index (χ3v) is 16.8. The van der Waals surface area contributed by atoms with Gasteiger partial charge in [0.2, 0.25) is 0 Å². The van der Waals surface area contributed by atoms with E-state index in [0.717, 1.165) is 78.4 Å². The Bertz CT molecular complexity index is 4110. The molecule has 3 heterocycles. The molecule has 0 spiro atoms. The average molecular weight is 1090 g/mol. The number of hydrogen-bond donors (Lipinski definition) is 0. The van der Waals surface area contributed by atoms with Crippen LogP contribution in [0.15, 0.2) is 182 Å². The Kier molecular flexibility index (Phi) is 14.0. The lowest BCUT2D eigenvalue weighted by atomic mass is 9.77. The van der Waals surface area contributed by atoms with E-state index in [2.05, 4.69) is 321 Å². The molecule has 0 aliphatic heterocycles. The highest BCUT2D eigenvalue weighted by atomic mass is 16.5. The van der Waals surface area contributed by atoms with Crippen molar-refractivity contribution in [2.45, 2.75) is 157 Å². The largest absolute Gasteiger partial charge is 0.458 e.